The van der Waals surface area contributed by atoms with Gasteiger partial charge in [0, 0.05) is 31.2 Å². The first-order valence-corrected chi connectivity index (χ1v) is 8.52. The molecule has 1 fully saturated rings. The van der Waals surface area contributed by atoms with E-state index < -0.39 is 0 Å². The van der Waals surface area contributed by atoms with E-state index in [1.54, 1.807) is 30.3 Å². The second kappa shape index (κ2) is 10.1. The van der Waals surface area contributed by atoms with Crippen LogP contribution in [0.4, 0.5) is 0 Å². The summed E-state index contributed by atoms with van der Waals surface area (Å²) in [5.41, 5.74) is 0. The SMILES string of the molecule is Cc1cnc(CNC(=NCC(=O)N(C)C)NC2CCCC2)s1.I. The zero-order valence-corrected chi connectivity index (χ0v) is 17.1. The first-order chi connectivity index (χ1) is 10.5. The van der Waals surface area contributed by atoms with Crippen LogP contribution in [-0.4, -0.2) is 48.4 Å². The van der Waals surface area contributed by atoms with Crippen LogP contribution in [0.1, 0.15) is 35.6 Å². The summed E-state index contributed by atoms with van der Waals surface area (Å²) in [4.78, 5) is 23.2. The number of aryl methyl sites for hydroxylation is 1. The minimum absolute atomic E-state index is 0. The Kier molecular flexibility index (Phi) is 8.82. The number of halogens is 1. The molecule has 0 spiro atoms. The lowest BCUT2D eigenvalue weighted by Crippen LogP contribution is -2.42. The first-order valence-electron chi connectivity index (χ1n) is 7.71. The Labute approximate surface area is 159 Å². The summed E-state index contributed by atoms with van der Waals surface area (Å²) >= 11 is 1.67. The molecule has 1 aromatic heterocycles. The van der Waals surface area contributed by atoms with Crippen LogP contribution in [0.25, 0.3) is 0 Å². The molecule has 1 heterocycles. The van der Waals surface area contributed by atoms with E-state index in [0.29, 0.717) is 18.5 Å². The summed E-state index contributed by atoms with van der Waals surface area (Å²) in [6, 6.07) is 0.457. The number of guanidine groups is 1. The highest BCUT2D eigenvalue weighted by molar-refractivity contribution is 14.0. The molecule has 0 aliphatic heterocycles. The van der Waals surface area contributed by atoms with Crippen molar-refractivity contribution in [2.24, 2.45) is 4.99 Å². The van der Waals surface area contributed by atoms with Crippen molar-refractivity contribution in [3.8, 4) is 0 Å². The molecule has 8 heteroatoms. The molecule has 1 amide bonds. The molecule has 130 valence electrons. The van der Waals surface area contributed by atoms with Crippen LogP contribution in [0.5, 0.6) is 0 Å². The average molecular weight is 451 g/mol. The van der Waals surface area contributed by atoms with Crippen LogP contribution in [0.15, 0.2) is 11.2 Å². The van der Waals surface area contributed by atoms with E-state index in [0.717, 1.165) is 5.01 Å². The molecule has 2 N–H and O–H groups in total. The van der Waals surface area contributed by atoms with Gasteiger partial charge < -0.3 is 15.5 Å². The Morgan fingerprint density at radius 3 is 2.70 bits per heavy atom. The number of thiazole rings is 1. The number of hydrogen-bond donors (Lipinski definition) is 2. The molecule has 0 radical (unpaired) electrons. The van der Waals surface area contributed by atoms with E-state index >= 15 is 0 Å². The van der Waals surface area contributed by atoms with E-state index in [4.69, 9.17) is 0 Å². The van der Waals surface area contributed by atoms with E-state index in [1.165, 1.54) is 30.6 Å². The topological polar surface area (TPSA) is 69.6 Å². The molecule has 2 rings (SSSR count). The van der Waals surface area contributed by atoms with E-state index in [9.17, 15) is 4.79 Å². The highest BCUT2D eigenvalue weighted by Crippen LogP contribution is 2.17. The largest absolute Gasteiger partial charge is 0.354 e. The fraction of sp³-hybridized carbons (Fsp3) is 0.667. The smallest absolute Gasteiger partial charge is 0.243 e. The number of carbonyl (C=O) groups is 1. The van der Waals surface area contributed by atoms with E-state index in [1.807, 2.05) is 13.1 Å². The Balaban J connectivity index is 0.00000264. The summed E-state index contributed by atoms with van der Waals surface area (Å²) in [6.07, 6.45) is 6.72. The van der Waals surface area contributed by atoms with Gasteiger partial charge in [-0.15, -0.1) is 35.3 Å². The quantitative estimate of drug-likeness (QED) is 0.409. The third-order valence-corrected chi connectivity index (χ3v) is 4.56. The van der Waals surface area contributed by atoms with Crippen molar-refractivity contribution in [3.05, 3.63) is 16.1 Å². The number of nitrogens with zero attached hydrogens (tertiary/aromatic N) is 3. The summed E-state index contributed by atoms with van der Waals surface area (Å²) in [7, 11) is 3.49. The highest BCUT2D eigenvalue weighted by atomic mass is 127. The van der Waals surface area contributed by atoms with Gasteiger partial charge in [-0.2, -0.15) is 0 Å². The first kappa shape index (κ1) is 20.1. The molecule has 0 bridgehead atoms. The summed E-state index contributed by atoms with van der Waals surface area (Å²) in [5, 5.41) is 7.74. The van der Waals surface area contributed by atoms with Gasteiger partial charge >= 0.3 is 0 Å². The van der Waals surface area contributed by atoms with Gasteiger partial charge in [0.15, 0.2) is 5.96 Å². The average Bonchev–Trinajstić information content (AvgIpc) is 3.13. The maximum Gasteiger partial charge on any atom is 0.243 e. The maximum absolute atomic E-state index is 11.7. The predicted molar refractivity (Wildman–Crippen MR) is 105 cm³/mol. The normalized spacial score (nSPS) is 15.2. The van der Waals surface area contributed by atoms with Gasteiger partial charge in [-0.05, 0) is 19.8 Å². The number of likely N-dealkylation sites (N-methyl/N-ethyl adjacent to an activating group) is 1. The number of carbonyl (C=O) groups excluding carboxylic acids is 1. The molecule has 1 aliphatic rings. The Hall–Kier alpha value is -0.900. The van der Waals surface area contributed by atoms with Crippen LogP contribution in [0.3, 0.4) is 0 Å². The third-order valence-electron chi connectivity index (χ3n) is 3.64. The van der Waals surface area contributed by atoms with E-state index in [2.05, 4.69) is 20.6 Å². The fourth-order valence-corrected chi connectivity index (χ4v) is 3.07. The summed E-state index contributed by atoms with van der Waals surface area (Å²) in [6.45, 7) is 2.84. The predicted octanol–water partition coefficient (Wildman–Crippen LogP) is 2.14. The molecule has 1 saturated carbocycles. The number of aromatic nitrogens is 1. The van der Waals surface area contributed by atoms with Crippen LogP contribution >= 0.6 is 35.3 Å². The molecular formula is C15H26IN5OS. The maximum atomic E-state index is 11.7. The third kappa shape index (κ3) is 7.03. The van der Waals surface area contributed by atoms with E-state index in [-0.39, 0.29) is 36.4 Å². The van der Waals surface area contributed by atoms with Crippen molar-refractivity contribution >= 4 is 47.2 Å². The van der Waals surface area contributed by atoms with Crippen molar-refractivity contribution in [2.45, 2.75) is 45.2 Å². The minimum Gasteiger partial charge on any atom is -0.354 e. The van der Waals surface area contributed by atoms with Gasteiger partial charge in [-0.3, -0.25) is 4.79 Å². The number of rotatable bonds is 5. The molecule has 0 unspecified atom stereocenters. The molecular weight excluding hydrogens is 425 g/mol. The molecule has 0 atom stereocenters. The van der Waals surface area contributed by atoms with Crippen molar-refractivity contribution in [3.63, 3.8) is 0 Å². The van der Waals surface area contributed by atoms with Gasteiger partial charge in [-0.25, -0.2) is 9.98 Å². The number of amides is 1. The fourth-order valence-electron chi connectivity index (χ4n) is 2.35. The highest BCUT2D eigenvalue weighted by Gasteiger charge is 2.16. The van der Waals surface area contributed by atoms with Gasteiger partial charge in [0.1, 0.15) is 11.6 Å². The number of aliphatic imine (C=N–C) groups is 1. The zero-order valence-electron chi connectivity index (χ0n) is 14.0. The van der Waals surface area contributed by atoms with Gasteiger partial charge in [0.05, 0.1) is 6.54 Å². The Morgan fingerprint density at radius 1 is 1.43 bits per heavy atom. The van der Waals surface area contributed by atoms with Crippen molar-refractivity contribution in [1.29, 1.82) is 0 Å². The Morgan fingerprint density at radius 2 is 2.13 bits per heavy atom. The van der Waals surface area contributed by atoms with Crippen LogP contribution in [0.2, 0.25) is 0 Å². The molecule has 1 aromatic rings. The molecule has 0 aromatic carbocycles. The molecule has 6 nitrogen and oxygen atoms in total. The lowest BCUT2D eigenvalue weighted by molar-refractivity contribution is -0.127. The lowest BCUT2D eigenvalue weighted by atomic mass is 10.2. The number of hydrogen-bond acceptors (Lipinski definition) is 4. The molecule has 1 aliphatic carbocycles. The number of nitrogens with one attached hydrogen (secondary N) is 2. The summed E-state index contributed by atoms with van der Waals surface area (Å²) < 4.78 is 0. The van der Waals surface area contributed by atoms with Crippen molar-refractivity contribution < 1.29 is 4.79 Å². The second-order valence-corrected chi connectivity index (χ2v) is 7.12. The van der Waals surface area contributed by atoms with Crippen LogP contribution in [0, 0.1) is 6.92 Å². The molecule has 0 saturated heterocycles. The lowest BCUT2D eigenvalue weighted by Gasteiger charge is -2.17. The van der Waals surface area contributed by atoms with Crippen LogP contribution < -0.4 is 10.6 Å². The minimum atomic E-state index is -0.00221. The van der Waals surface area contributed by atoms with Crippen LogP contribution in [-0.2, 0) is 11.3 Å². The summed E-state index contributed by atoms with van der Waals surface area (Å²) in [5.74, 6) is 0.701. The standard InChI is InChI=1S/C15H25N5OS.HI/c1-11-8-16-13(22-11)9-17-15(18-10-14(21)20(2)3)19-12-6-4-5-7-12;/h8,12H,4-7,9-10H2,1-3H3,(H2,17,18,19);1H. The zero-order chi connectivity index (χ0) is 15.9. The van der Waals surface area contributed by atoms with Gasteiger partial charge in [-0.1, -0.05) is 12.8 Å². The van der Waals surface area contributed by atoms with Gasteiger partial charge in [0.25, 0.3) is 0 Å². The Bertz CT molecular complexity index is 526. The monoisotopic (exact) mass is 451 g/mol. The second-order valence-electron chi connectivity index (χ2n) is 5.80. The van der Waals surface area contributed by atoms with Crippen molar-refractivity contribution in [2.75, 3.05) is 20.6 Å². The molecule has 23 heavy (non-hydrogen) atoms. The van der Waals surface area contributed by atoms with Crippen molar-refractivity contribution in [1.82, 2.24) is 20.5 Å². The van der Waals surface area contributed by atoms with Gasteiger partial charge in [0.2, 0.25) is 5.91 Å².